The van der Waals surface area contributed by atoms with E-state index < -0.39 is 5.54 Å². The molecule has 2 atom stereocenters. The predicted octanol–water partition coefficient (Wildman–Crippen LogP) is 6.80. The number of amides is 2. The summed E-state index contributed by atoms with van der Waals surface area (Å²) in [5.74, 6) is 0.109. The summed E-state index contributed by atoms with van der Waals surface area (Å²) in [6, 6.07) is 28.9. The largest absolute Gasteiger partial charge is 0.346 e. The zero-order valence-electron chi connectivity index (χ0n) is 27.3. The van der Waals surface area contributed by atoms with Crippen molar-refractivity contribution >= 4 is 40.5 Å². The maximum absolute atomic E-state index is 14.4. The number of alkyl halides is 1. The first-order valence-corrected chi connectivity index (χ1v) is 18.4. The summed E-state index contributed by atoms with van der Waals surface area (Å²) in [5.41, 5.74) is 4.12. The van der Waals surface area contributed by atoms with Crippen molar-refractivity contribution in [2.75, 3.05) is 32.7 Å². The van der Waals surface area contributed by atoms with Gasteiger partial charge in [-0.3, -0.25) is 9.59 Å². The molecule has 0 bridgehead atoms. The fraction of sp³-hybridized carbons (Fsp3) is 0.436. The van der Waals surface area contributed by atoms with Gasteiger partial charge in [0.05, 0.1) is 11.6 Å². The highest BCUT2D eigenvalue weighted by Crippen LogP contribution is 2.28. The van der Waals surface area contributed by atoms with Gasteiger partial charge in [-0.25, -0.2) is 0 Å². The number of rotatable bonds is 12. The number of halogens is 1. The number of nitrogens with one attached hydrogen (secondary N) is 2. The van der Waals surface area contributed by atoms with Crippen LogP contribution in [0.3, 0.4) is 0 Å². The number of likely N-dealkylation sites (tertiary alicyclic amines) is 1. The number of carbonyl (C=O) groups excluding carboxylic acids is 2. The van der Waals surface area contributed by atoms with Crippen molar-refractivity contribution in [1.82, 2.24) is 20.4 Å². The second-order valence-electron chi connectivity index (χ2n) is 13.3. The second-order valence-corrected chi connectivity index (χ2v) is 14.1. The molecule has 2 aliphatic heterocycles. The summed E-state index contributed by atoms with van der Waals surface area (Å²) in [6.07, 6.45) is 8.73. The van der Waals surface area contributed by atoms with Gasteiger partial charge in [-0.1, -0.05) is 114 Å². The number of nitrogens with zero attached hydrogens (tertiary/aromatic N) is 2. The zero-order valence-corrected chi connectivity index (χ0v) is 29.5. The van der Waals surface area contributed by atoms with Gasteiger partial charge in [0.2, 0.25) is 11.8 Å². The van der Waals surface area contributed by atoms with Crippen molar-refractivity contribution in [2.45, 2.75) is 73.9 Å². The lowest BCUT2D eigenvalue weighted by molar-refractivity contribution is -0.133. The quantitative estimate of drug-likeness (QED) is 0.122. The highest BCUT2D eigenvalue weighted by Gasteiger charge is 2.39. The van der Waals surface area contributed by atoms with E-state index in [9.17, 15) is 9.59 Å². The van der Waals surface area contributed by atoms with Gasteiger partial charge in [0.15, 0.2) is 0 Å². The van der Waals surface area contributed by atoms with Gasteiger partial charge >= 0.3 is 0 Å². The van der Waals surface area contributed by atoms with Crippen LogP contribution in [0.5, 0.6) is 0 Å². The van der Waals surface area contributed by atoms with Gasteiger partial charge < -0.3 is 20.4 Å². The average Bonchev–Trinajstić information content (AvgIpc) is 3.25. The third kappa shape index (κ3) is 9.52. The topological polar surface area (TPSA) is 64.7 Å². The molecular formula is C39H49IN4O2. The lowest BCUT2D eigenvalue weighted by Crippen LogP contribution is -2.60. The Morgan fingerprint density at radius 2 is 1.57 bits per heavy atom. The summed E-state index contributed by atoms with van der Waals surface area (Å²) in [4.78, 5) is 32.1. The van der Waals surface area contributed by atoms with E-state index in [1.807, 2.05) is 30.3 Å². The van der Waals surface area contributed by atoms with Crippen LogP contribution >= 0.6 is 22.6 Å². The number of benzene rings is 3. The smallest absolute Gasteiger partial charge is 0.244 e. The molecule has 7 heteroatoms. The first-order valence-electron chi connectivity index (χ1n) is 16.8. The van der Waals surface area contributed by atoms with Gasteiger partial charge in [-0.05, 0) is 81.0 Å². The van der Waals surface area contributed by atoms with Crippen LogP contribution in [0, 0.1) is 0 Å². The van der Waals surface area contributed by atoms with Crippen molar-refractivity contribution in [3.63, 3.8) is 0 Å². The molecule has 0 aromatic heterocycles. The molecule has 244 valence electrons. The Balaban J connectivity index is 1.33. The van der Waals surface area contributed by atoms with E-state index in [0.717, 1.165) is 42.5 Å². The molecule has 6 nitrogen and oxygen atoms in total. The first-order chi connectivity index (χ1) is 22.3. The summed E-state index contributed by atoms with van der Waals surface area (Å²) < 4.78 is 0.961. The van der Waals surface area contributed by atoms with Gasteiger partial charge in [0, 0.05) is 42.1 Å². The molecule has 46 heavy (non-hydrogen) atoms. The van der Waals surface area contributed by atoms with Crippen LogP contribution in [-0.4, -0.2) is 72.0 Å². The Kier molecular flexibility index (Phi) is 12.5. The molecule has 2 saturated heterocycles. The maximum Gasteiger partial charge on any atom is 0.244 e. The molecule has 2 fully saturated rings. The van der Waals surface area contributed by atoms with Crippen LogP contribution in [0.1, 0.15) is 74.1 Å². The number of piperidine rings is 1. The molecule has 0 aliphatic carbocycles. The maximum atomic E-state index is 14.4. The van der Waals surface area contributed by atoms with Crippen molar-refractivity contribution in [2.24, 2.45) is 0 Å². The minimum atomic E-state index is -0.565. The first kappa shape index (κ1) is 34.3. The van der Waals surface area contributed by atoms with E-state index in [4.69, 9.17) is 0 Å². The zero-order chi connectivity index (χ0) is 32.4. The summed E-state index contributed by atoms with van der Waals surface area (Å²) >= 11 is 2.35. The molecule has 2 N–H and O–H groups in total. The Bertz CT molecular complexity index is 1380. The predicted molar refractivity (Wildman–Crippen MR) is 197 cm³/mol. The molecule has 5 rings (SSSR count). The lowest BCUT2D eigenvalue weighted by Gasteiger charge is -2.36. The molecule has 0 unspecified atom stereocenters. The Hall–Kier alpha value is -3.01. The van der Waals surface area contributed by atoms with Crippen LogP contribution in [0.4, 0.5) is 0 Å². The monoisotopic (exact) mass is 732 g/mol. The van der Waals surface area contributed by atoms with Crippen LogP contribution in [0.2, 0.25) is 0 Å². The summed E-state index contributed by atoms with van der Waals surface area (Å²) in [6.45, 7) is 8.50. The fourth-order valence-electron chi connectivity index (χ4n) is 6.80. The Morgan fingerprint density at radius 3 is 2.17 bits per heavy atom. The number of hydrogen-bond acceptors (Lipinski definition) is 4. The SMILES string of the molecule is CC(C)(NC(=O)/C=C/c1ccc(CI)cc1)[C@@H]1CCN(CC(c2ccccc2)c2ccccc2)C(=O)[C@H](CCN2CCCCC2)N1. The van der Waals surface area contributed by atoms with Crippen molar-refractivity contribution in [3.05, 3.63) is 113 Å². The van der Waals surface area contributed by atoms with E-state index in [1.54, 1.807) is 6.08 Å². The second kappa shape index (κ2) is 16.7. The van der Waals surface area contributed by atoms with E-state index in [0.29, 0.717) is 13.1 Å². The molecule has 3 aromatic rings. The molecular weight excluding hydrogens is 683 g/mol. The van der Waals surface area contributed by atoms with E-state index in [-0.39, 0.29) is 29.8 Å². The van der Waals surface area contributed by atoms with Gasteiger partial charge in [-0.15, -0.1) is 0 Å². The fourth-order valence-corrected chi connectivity index (χ4v) is 7.30. The van der Waals surface area contributed by atoms with Crippen molar-refractivity contribution < 1.29 is 9.59 Å². The summed E-state index contributed by atoms with van der Waals surface area (Å²) in [7, 11) is 0. The third-order valence-electron chi connectivity index (χ3n) is 9.57. The van der Waals surface area contributed by atoms with Crippen LogP contribution in [-0.2, 0) is 14.0 Å². The minimum Gasteiger partial charge on any atom is -0.346 e. The van der Waals surface area contributed by atoms with Gasteiger partial charge in [-0.2, -0.15) is 0 Å². The lowest BCUT2D eigenvalue weighted by atomic mass is 9.90. The molecule has 2 aliphatic rings. The molecule has 2 heterocycles. The van der Waals surface area contributed by atoms with Crippen molar-refractivity contribution in [1.29, 1.82) is 0 Å². The highest BCUT2D eigenvalue weighted by atomic mass is 127. The molecule has 3 aromatic carbocycles. The van der Waals surface area contributed by atoms with Crippen LogP contribution < -0.4 is 10.6 Å². The van der Waals surface area contributed by atoms with E-state index >= 15 is 0 Å². The minimum absolute atomic E-state index is 0.0694. The van der Waals surface area contributed by atoms with Crippen LogP contribution in [0.25, 0.3) is 6.08 Å². The van der Waals surface area contributed by atoms with Gasteiger partial charge in [0.25, 0.3) is 0 Å². The summed E-state index contributed by atoms with van der Waals surface area (Å²) in [5, 5.41) is 7.03. The Morgan fingerprint density at radius 1 is 0.935 bits per heavy atom. The Labute approximate surface area is 289 Å². The molecule has 0 spiro atoms. The third-order valence-corrected chi connectivity index (χ3v) is 10.4. The van der Waals surface area contributed by atoms with Crippen molar-refractivity contribution in [3.8, 4) is 0 Å². The number of carbonyl (C=O) groups is 2. The molecule has 0 radical (unpaired) electrons. The number of hydrogen-bond donors (Lipinski definition) is 2. The molecule has 2 amide bonds. The highest BCUT2D eigenvalue weighted by molar-refractivity contribution is 14.1. The molecule has 0 saturated carbocycles. The van der Waals surface area contributed by atoms with E-state index in [2.05, 4.69) is 118 Å². The van der Waals surface area contributed by atoms with E-state index in [1.165, 1.54) is 36.0 Å². The average molecular weight is 733 g/mol. The normalized spacial score (nSPS) is 19.8. The van der Waals surface area contributed by atoms with Crippen LogP contribution in [0.15, 0.2) is 91.0 Å². The van der Waals surface area contributed by atoms with Gasteiger partial charge in [0.1, 0.15) is 0 Å². The standard InChI is InChI=1S/C39H49IN4O2/c1-39(2,42-37(45)21-20-30-16-18-31(28-40)19-17-30)36-23-27-44(38(46)35(41-36)22-26-43-24-10-5-11-25-43)29-34(32-12-6-3-7-13-32)33-14-8-4-9-15-33/h3-4,6-9,12-21,34-36,41H,5,10-11,22-29H2,1-2H3,(H,42,45)/b21-20+/t35-,36-/m0/s1.